The summed E-state index contributed by atoms with van der Waals surface area (Å²) in [6.45, 7) is 8.16. The van der Waals surface area contributed by atoms with Gasteiger partial charge in [0.2, 0.25) is 11.8 Å². The van der Waals surface area contributed by atoms with Crippen LogP contribution in [0.3, 0.4) is 0 Å². The number of nitrogens with zero attached hydrogens (tertiary/aromatic N) is 2. The molecule has 0 radical (unpaired) electrons. The minimum atomic E-state index is -0.540. The average Bonchev–Trinajstić information content (AvgIpc) is 3.48. The van der Waals surface area contributed by atoms with Crippen LogP contribution >= 0.6 is 11.6 Å². The van der Waals surface area contributed by atoms with Gasteiger partial charge in [0.25, 0.3) is 0 Å². The maximum absolute atomic E-state index is 14.3. The van der Waals surface area contributed by atoms with Crippen LogP contribution in [0.5, 0.6) is 0 Å². The highest BCUT2D eigenvalue weighted by atomic mass is 35.5. The van der Waals surface area contributed by atoms with E-state index in [-0.39, 0.29) is 29.6 Å². The Morgan fingerprint density at radius 3 is 2.50 bits per heavy atom. The predicted octanol–water partition coefficient (Wildman–Crippen LogP) is 6.05. The van der Waals surface area contributed by atoms with Gasteiger partial charge in [0.05, 0.1) is 16.8 Å². The summed E-state index contributed by atoms with van der Waals surface area (Å²) in [5.74, 6) is -0.655. The molecule has 3 unspecified atom stereocenters. The normalized spacial score (nSPS) is 17.3. The van der Waals surface area contributed by atoms with E-state index in [1.54, 1.807) is 35.2 Å². The van der Waals surface area contributed by atoms with Crippen molar-refractivity contribution in [1.82, 2.24) is 15.4 Å². The zero-order valence-electron chi connectivity index (χ0n) is 20.9. The third kappa shape index (κ3) is 5.31. The van der Waals surface area contributed by atoms with Crippen LogP contribution in [0.15, 0.2) is 53.1 Å². The molecule has 1 aromatic heterocycles. The molecule has 1 fully saturated rings. The van der Waals surface area contributed by atoms with Crippen LogP contribution in [-0.2, 0) is 9.59 Å². The lowest BCUT2D eigenvalue weighted by atomic mass is 9.91. The molecule has 1 N–H and O–H groups in total. The molecule has 0 aliphatic carbocycles. The second kappa shape index (κ2) is 10.8. The van der Waals surface area contributed by atoms with Crippen molar-refractivity contribution in [3.63, 3.8) is 0 Å². The van der Waals surface area contributed by atoms with Crippen molar-refractivity contribution < 1.29 is 18.5 Å². The lowest BCUT2D eigenvalue weighted by Gasteiger charge is -2.29. The van der Waals surface area contributed by atoms with Crippen molar-refractivity contribution >= 4 is 23.4 Å². The third-order valence-corrected chi connectivity index (χ3v) is 7.06. The predicted molar refractivity (Wildman–Crippen MR) is 137 cm³/mol. The number of hydrogen-bond acceptors (Lipinski definition) is 4. The zero-order valence-corrected chi connectivity index (χ0v) is 21.7. The van der Waals surface area contributed by atoms with Crippen LogP contribution in [0.4, 0.5) is 4.39 Å². The van der Waals surface area contributed by atoms with E-state index < -0.39 is 12.0 Å². The summed E-state index contributed by atoms with van der Waals surface area (Å²) < 4.78 is 19.7. The molecule has 0 spiro atoms. The van der Waals surface area contributed by atoms with Crippen LogP contribution in [0.25, 0.3) is 11.1 Å². The van der Waals surface area contributed by atoms with Gasteiger partial charge in [0.1, 0.15) is 23.5 Å². The van der Waals surface area contributed by atoms with Gasteiger partial charge in [0.15, 0.2) is 0 Å². The van der Waals surface area contributed by atoms with Gasteiger partial charge in [-0.3, -0.25) is 9.59 Å². The fraction of sp³-hybridized carbons (Fsp3) is 0.393. The van der Waals surface area contributed by atoms with Crippen LogP contribution in [-0.4, -0.2) is 34.5 Å². The number of carbonyl (C=O) groups excluding carboxylic acids is 2. The molecule has 0 bridgehead atoms. The SMILES string of the molecule is Cc1cc(C(C(=O)N2CCCC2C(=O)NC(C)c2ccc(-c3c(F)cccc3Cl)cc2)C(C)C)on1. The molecule has 1 aliphatic heterocycles. The number of halogens is 2. The monoisotopic (exact) mass is 511 g/mol. The first-order chi connectivity index (χ1) is 17.2. The molecule has 2 amide bonds. The highest BCUT2D eigenvalue weighted by Gasteiger charge is 2.40. The Bertz CT molecular complexity index is 1220. The van der Waals surface area contributed by atoms with Gasteiger partial charge in [0, 0.05) is 18.2 Å². The number of aromatic nitrogens is 1. The maximum atomic E-state index is 14.3. The Labute approximate surface area is 215 Å². The molecule has 3 aromatic rings. The Balaban J connectivity index is 1.46. The van der Waals surface area contributed by atoms with Crippen LogP contribution < -0.4 is 5.32 Å². The maximum Gasteiger partial charge on any atom is 0.243 e. The number of nitrogens with one attached hydrogen (secondary N) is 1. The Morgan fingerprint density at radius 1 is 1.17 bits per heavy atom. The first kappa shape index (κ1) is 25.9. The highest BCUT2D eigenvalue weighted by Crippen LogP contribution is 2.33. The van der Waals surface area contributed by atoms with E-state index in [2.05, 4.69) is 10.5 Å². The van der Waals surface area contributed by atoms with Crippen molar-refractivity contribution in [2.75, 3.05) is 6.54 Å². The highest BCUT2D eigenvalue weighted by molar-refractivity contribution is 6.33. The average molecular weight is 512 g/mol. The molecular formula is C28H31ClFN3O3. The van der Waals surface area contributed by atoms with E-state index >= 15 is 0 Å². The summed E-state index contributed by atoms with van der Waals surface area (Å²) in [5, 5.41) is 7.33. The van der Waals surface area contributed by atoms with Gasteiger partial charge in [-0.25, -0.2) is 4.39 Å². The van der Waals surface area contributed by atoms with E-state index in [1.165, 1.54) is 6.07 Å². The summed E-state index contributed by atoms with van der Waals surface area (Å²) in [4.78, 5) is 28.4. The minimum Gasteiger partial charge on any atom is -0.360 e. The smallest absolute Gasteiger partial charge is 0.243 e. The number of hydrogen-bond donors (Lipinski definition) is 1. The number of amides is 2. The first-order valence-corrected chi connectivity index (χ1v) is 12.6. The largest absolute Gasteiger partial charge is 0.360 e. The zero-order chi connectivity index (χ0) is 26.0. The molecule has 3 atom stereocenters. The quantitative estimate of drug-likeness (QED) is 0.419. The molecule has 1 aliphatic rings. The summed E-state index contributed by atoms with van der Waals surface area (Å²) in [6, 6.07) is 12.8. The molecule has 0 saturated carbocycles. The van der Waals surface area contributed by atoms with Gasteiger partial charge in [-0.2, -0.15) is 0 Å². The van der Waals surface area contributed by atoms with E-state index in [1.807, 2.05) is 39.8 Å². The molecule has 190 valence electrons. The van der Waals surface area contributed by atoms with Crippen molar-refractivity contribution in [3.8, 4) is 11.1 Å². The first-order valence-electron chi connectivity index (χ1n) is 12.3. The van der Waals surface area contributed by atoms with E-state index in [9.17, 15) is 14.0 Å². The van der Waals surface area contributed by atoms with Gasteiger partial charge < -0.3 is 14.7 Å². The molecule has 36 heavy (non-hydrogen) atoms. The second-order valence-corrected chi connectivity index (χ2v) is 10.1. The Kier molecular flexibility index (Phi) is 7.79. The molecule has 4 rings (SSSR count). The number of benzene rings is 2. The summed E-state index contributed by atoms with van der Waals surface area (Å²) in [6.07, 6.45) is 1.37. The standard InChI is InChI=1S/C28H31ClFN3O3/c1-16(2)25(24-15-17(3)32-36-24)28(35)33-14-6-9-23(33)27(34)31-18(4)19-10-12-20(13-11-19)26-21(29)7-5-8-22(26)30/h5,7-8,10-13,15-16,18,23,25H,6,9,14H2,1-4H3,(H,31,34). The van der Waals surface area contributed by atoms with E-state index in [4.69, 9.17) is 16.1 Å². The lowest BCUT2D eigenvalue weighted by Crippen LogP contribution is -2.48. The van der Waals surface area contributed by atoms with Gasteiger partial charge in [-0.1, -0.05) is 60.9 Å². The number of aryl methyl sites for hydroxylation is 1. The second-order valence-electron chi connectivity index (χ2n) is 9.73. The lowest BCUT2D eigenvalue weighted by molar-refractivity contribution is -0.141. The molecule has 2 aromatic carbocycles. The molecule has 1 saturated heterocycles. The fourth-order valence-electron chi connectivity index (χ4n) is 4.85. The Morgan fingerprint density at radius 2 is 1.89 bits per heavy atom. The Hall–Kier alpha value is -3.19. The van der Waals surface area contributed by atoms with Crippen molar-refractivity contribution in [1.29, 1.82) is 0 Å². The van der Waals surface area contributed by atoms with Gasteiger partial charge in [-0.05, 0) is 55.9 Å². The number of likely N-dealkylation sites (tertiary alicyclic amines) is 1. The molecular weight excluding hydrogens is 481 g/mol. The number of rotatable bonds is 7. The van der Waals surface area contributed by atoms with Crippen LogP contribution in [0.2, 0.25) is 5.02 Å². The van der Waals surface area contributed by atoms with Crippen molar-refractivity contribution in [3.05, 3.63) is 76.4 Å². The van der Waals surface area contributed by atoms with Crippen LogP contribution in [0, 0.1) is 18.7 Å². The number of carbonyl (C=O) groups is 2. The van der Waals surface area contributed by atoms with E-state index in [0.717, 1.165) is 17.7 Å². The van der Waals surface area contributed by atoms with Crippen molar-refractivity contribution in [2.24, 2.45) is 5.92 Å². The summed E-state index contributed by atoms with van der Waals surface area (Å²) in [5.41, 5.74) is 2.60. The third-order valence-electron chi connectivity index (χ3n) is 6.74. The molecule has 8 heteroatoms. The minimum absolute atomic E-state index is 0.00504. The molecule has 6 nitrogen and oxygen atoms in total. The van der Waals surface area contributed by atoms with E-state index in [0.29, 0.717) is 34.9 Å². The summed E-state index contributed by atoms with van der Waals surface area (Å²) in [7, 11) is 0. The van der Waals surface area contributed by atoms with Gasteiger partial charge in [-0.15, -0.1) is 0 Å². The van der Waals surface area contributed by atoms with Crippen molar-refractivity contribution in [2.45, 2.75) is 58.5 Å². The van der Waals surface area contributed by atoms with Gasteiger partial charge >= 0.3 is 0 Å². The topological polar surface area (TPSA) is 75.4 Å². The van der Waals surface area contributed by atoms with Crippen LogP contribution in [0.1, 0.15) is 62.6 Å². The fourth-order valence-corrected chi connectivity index (χ4v) is 5.12. The summed E-state index contributed by atoms with van der Waals surface area (Å²) >= 11 is 6.19. The molecule has 2 heterocycles.